The second-order valence-electron chi connectivity index (χ2n) is 7.35. The minimum absolute atomic E-state index is 0.143. The molecule has 9 nitrogen and oxygen atoms in total. The van der Waals surface area contributed by atoms with Crippen LogP contribution in [0.15, 0.2) is 30.6 Å². The Labute approximate surface area is 190 Å². The molecule has 0 saturated carbocycles. The van der Waals surface area contributed by atoms with Gasteiger partial charge in [0, 0.05) is 24.0 Å². The quantitative estimate of drug-likeness (QED) is 0.331. The van der Waals surface area contributed by atoms with Crippen LogP contribution in [0.1, 0.15) is 50.9 Å². The molecule has 1 N–H and O–H groups in total. The lowest BCUT2D eigenvalue weighted by atomic mass is 10.0. The number of esters is 1. The summed E-state index contributed by atoms with van der Waals surface area (Å²) < 4.78 is 7.82. The van der Waals surface area contributed by atoms with Crippen LogP contribution in [0.4, 0.5) is 5.69 Å². The highest BCUT2D eigenvalue weighted by atomic mass is 35.5. The van der Waals surface area contributed by atoms with Gasteiger partial charge in [0.1, 0.15) is 6.33 Å². The number of ketones is 1. The number of rotatable bonds is 7. The van der Waals surface area contributed by atoms with Crippen LogP contribution >= 0.6 is 11.6 Å². The van der Waals surface area contributed by atoms with Crippen LogP contribution in [0, 0.1) is 20.8 Å². The average Bonchev–Trinajstić information content (AvgIpc) is 3.31. The van der Waals surface area contributed by atoms with Gasteiger partial charge < -0.3 is 14.6 Å². The van der Waals surface area contributed by atoms with Crippen molar-refractivity contribution in [2.75, 3.05) is 11.9 Å². The van der Waals surface area contributed by atoms with Crippen molar-refractivity contribution < 1.29 is 19.1 Å². The average molecular weight is 458 g/mol. The number of hydrogen-bond donors (Lipinski definition) is 1. The molecule has 3 aromatic rings. The molecule has 0 aliphatic carbocycles. The van der Waals surface area contributed by atoms with Gasteiger partial charge in [-0.2, -0.15) is 0 Å². The molecule has 1 atom stereocenters. The number of aryl methyl sites for hydroxylation is 2. The Kier molecular flexibility index (Phi) is 6.78. The van der Waals surface area contributed by atoms with Gasteiger partial charge in [0.15, 0.2) is 11.8 Å². The molecule has 0 spiro atoms. The third kappa shape index (κ3) is 4.57. The zero-order valence-electron chi connectivity index (χ0n) is 18.5. The standard InChI is InChI=1S/C22H24ClN5O4/c1-6-32-22(31)20-24-11-28(26-20)18(19(29)15-10-13(3)27(5)14(15)4)21(30)25-17-8-7-12(2)9-16(17)23/h7-11,18H,6H2,1-5H3,(H,25,30). The monoisotopic (exact) mass is 457 g/mol. The maximum atomic E-state index is 13.5. The van der Waals surface area contributed by atoms with E-state index in [-0.39, 0.29) is 12.4 Å². The summed E-state index contributed by atoms with van der Waals surface area (Å²) in [6, 6.07) is 5.44. The lowest BCUT2D eigenvalue weighted by Gasteiger charge is -2.17. The largest absolute Gasteiger partial charge is 0.460 e. The normalized spacial score (nSPS) is 11.8. The molecule has 0 radical (unpaired) electrons. The molecular weight excluding hydrogens is 434 g/mol. The van der Waals surface area contributed by atoms with Crippen molar-refractivity contribution in [3.63, 3.8) is 0 Å². The topological polar surface area (TPSA) is 108 Å². The molecular formula is C22H24ClN5O4. The van der Waals surface area contributed by atoms with Crippen molar-refractivity contribution in [3.05, 3.63) is 64.0 Å². The SMILES string of the molecule is CCOC(=O)c1ncn(C(C(=O)Nc2ccc(C)cc2Cl)C(=O)c2cc(C)n(C)c2C)n1. The zero-order valence-corrected chi connectivity index (χ0v) is 19.2. The number of carbonyl (C=O) groups excluding carboxylic acids is 3. The van der Waals surface area contributed by atoms with Gasteiger partial charge in [-0.15, -0.1) is 5.10 Å². The lowest BCUT2D eigenvalue weighted by Crippen LogP contribution is -2.33. The summed E-state index contributed by atoms with van der Waals surface area (Å²) in [5.41, 5.74) is 3.20. The number of ether oxygens (including phenoxy) is 1. The second-order valence-corrected chi connectivity index (χ2v) is 7.76. The first-order valence-electron chi connectivity index (χ1n) is 9.96. The summed E-state index contributed by atoms with van der Waals surface area (Å²) in [6.07, 6.45) is 1.16. The van der Waals surface area contributed by atoms with Crippen LogP contribution in [0.2, 0.25) is 5.02 Å². The van der Waals surface area contributed by atoms with E-state index in [0.717, 1.165) is 22.3 Å². The number of benzene rings is 1. The third-order valence-corrected chi connectivity index (χ3v) is 5.46. The molecule has 10 heteroatoms. The molecule has 2 heterocycles. The highest BCUT2D eigenvalue weighted by Crippen LogP contribution is 2.26. The molecule has 32 heavy (non-hydrogen) atoms. The Bertz CT molecular complexity index is 1200. The fourth-order valence-corrected chi connectivity index (χ4v) is 3.50. The summed E-state index contributed by atoms with van der Waals surface area (Å²) >= 11 is 6.25. The number of amides is 1. The van der Waals surface area contributed by atoms with Gasteiger partial charge >= 0.3 is 5.97 Å². The van der Waals surface area contributed by atoms with E-state index in [1.54, 1.807) is 38.1 Å². The van der Waals surface area contributed by atoms with E-state index in [1.807, 2.05) is 25.5 Å². The molecule has 3 rings (SSSR count). The van der Waals surface area contributed by atoms with Crippen molar-refractivity contribution in [3.8, 4) is 0 Å². The molecule has 0 bridgehead atoms. The van der Waals surface area contributed by atoms with E-state index in [0.29, 0.717) is 22.0 Å². The number of carbonyl (C=O) groups is 3. The lowest BCUT2D eigenvalue weighted by molar-refractivity contribution is -0.118. The summed E-state index contributed by atoms with van der Waals surface area (Å²) in [6.45, 7) is 7.32. The van der Waals surface area contributed by atoms with Crippen molar-refractivity contribution in [2.45, 2.75) is 33.7 Å². The number of hydrogen-bond acceptors (Lipinski definition) is 6. The molecule has 2 aromatic heterocycles. The number of nitrogens with one attached hydrogen (secondary N) is 1. The Morgan fingerprint density at radius 3 is 2.50 bits per heavy atom. The van der Waals surface area contributed by atoms with Gasteiger partial charge in [-0.05, 0) is 51.5 Å². The predicted molar refractivity (Wildman–Crippen MR) is 119 cm³/mol. The van der Waals surface area contributed by atoms with Gasteiger partial charge in [-0.1, -0.05) is 17.7 Å². The molecule has 0 saturated heterocycles. The highest BCUT2D eigenvalue weighted by Gasteiger charge is 2.34. The summed E-state index contributed by atoms with van der Waals surface area (Å²) in [5, 5.41) is 7.07. The van der Waals surface area contributed by atoms with Gasteiger partial charge in [0.25, 0.3) is 11.7 Å². The number of aromatic nitrogens is 4. The number of anilines is 1. The predicted octanol–water partition coefficient (Wildman–Crippen LogP) is 3.43. The molecule has 0 fully saturated rings. The van der Waals surface area contributed by atoms with Gasteiger partial charge in [0.05, 0.1) is 17.3 Å². The van der Waals surface area contributed by atoms with Crippen LogP contribution in [-0.4, -0.2) is 43.6 Å². The molecule has 0 aliphatic heterocycles. The first-order chi connectivity index (χ1) is 15.1. The summed E-state index contributed by atoms with van der Waals surface area (Å²) in [7, 11) is 1.83. The fraction of sp³-hybridized carbons (Fsp3) is 0.318. The van der Waals surface area contributed by atoms with Gasteiger partial charge in [-0.25, -0.2) is 14.5 Å². The van der Waals surface area contributed by atoms with E-state index < -0.39 is 23.7 Å². The highest BCUT2D eigenvalue weighted by molar-refractivity contribution is 6.34. The Balaban J connectivity index is 2.02. The minimum Gasteiger partial charge on any atom is -0.460 e. The zero-order chi connectivity index (χ0) is 23.6. The van der Waals surface area contributed by atoms with Crippen molar-refractivity contribution in [2.24, 2.45) is 7.05 Å². The van der Waals surface area contributed by atoms with E-state index in [1.165, 1.54) is 0 Å². The van der Waals surface area contributed by atoms with Crippen LogP contribution in [0.3, 0.4) is 0 Å². The molecule has 1 amide bonds. The minimum atomic E-state index is -1.41. The maximum absolute atomic E-state index is 13.5. The Morgan fingerprint density at radius 2 is 1.91 bits per heavy atom. The van der Waals surface area contributed by atoms with E-state index in [9.17, 15) is 14.4 Å². The van der Waals surface area contributed by atoms with E-state index >= 15 is 0 Å². The van der Waals surface area contributed by atoms with Gasteiger partial charge in [0.2, 0.25) is 0 Å². The molecule has 1 unspecified atom stereocenters. The molecule has 1 aromatic carbocycles. The van der Waals surface area contributed by atoms with Crippen molar-refractivity contribution in [1.82, 2.24) is 19.3 Å². The fourth-order valence-electron chi connectivity index (χ4n) is 3.22. The van der Waals surface area contributed by atoms with Crippen LogP contribution in [-0.2, 0) is 16.6 Å². The van der Waals surface area contributed by atoms with Crippen LogP contribution < -0.4 is 5.32 Å². The third-order valence-electron chi connectivity index (χ3n) is 5.15. The summed E-state index contributed by atoms with van der Waals surface area (Å²) in [4.78, 5) is 42.7. The number of halogens is 1. The van der Waals surface area contributed by atoms with Crippen LogP contribution in [0.25, 0.3) is 0 Å². The first kappa shape index (κ1) is 23.2. The number of nitrogens with zero attached hydrogens (tertiary/aromatic N) is 4. The van der Waals surface area contributed by atoms with Crippen molar-refractivity contribution >= 4 is 34.9 Å². The van der Waals surface area contributed by atoms with Crippen molar-refractivity contribution in [1.29, 1.82) is 0 Å². The maximum Gasteiger partial charge on any atom is 0.378 e. The molecule has 168 valence electrons. The first-order valence-corrected chi connectivity index (χ1v) is 10.3. The molecule has 0 aliphatic rings. The smallest absolute Gasteiger partial charge is 0.378 e. The van der Waals surface area contributed by atoms with Crippen LogP contribution in [0.5, 0.6) is 0 Å². The number of Topliss-reactive ketones (excluding diaryl/α,β-unsaturated/α-hetero) is 1. The Hall–Kier alpha value is -3.46. The van der Waals surface area contributed by atoms with Gasteiger partial charge in [-0.3, -0.25) is 9.59 Å². The second kappa shape index (κ2) is 9.35. The van der Waals surface area contributed by atoms with E-state index in [2.05, 4.69) is 15.4 Å². The summed E-state index contributed by atoms with van der Waals surface area (Å²) in [5.74, 6) is -2.15. The Morgan fingerprint density at radius 1 is 1.19 bits per heavy atom. The van der Waals surface area contributed by atoms with E-state index in [4.69, 9.17) is 16.3 Å².